The molecule has 4 aromatic rings. The van der Waals surface area contributed by atoms with E-state index in [9.17, 15) is 9.59 Å². The van der Waals surface area contributed by atoms with Crippen LogP contribution in [0.5, 0.6) is 0 Å². The first-order valence-electron chi connectivity index (χ1n) is 11.2. The maximum absolute atomic E-state index is 12.5. The average molecular weight is 460 g/mol. The van der Waals surface area contributed by atoms with Gasteiger partial charge in [0, 0.05) is 43.2 Å². The number of nitrogens with zero attached hydrogens (tertiary/aromatic N) is 6. The molecule has 5 rings (SSSR count). The molecule has 1 N–H and O–H groups in total. The highest BCUT2D eigenvalue weighted by Gasteiger charge is 2.28. The highest BCUT2D eigenvalue weighted by molar-refractivity contribution is 5.96. The van der Waals surface area contributed by atoms with Crippen LogP contribution in [0.25, 0.3) is 22.4 Å². The summed E-state index contributed by atoms with van der Waals surface area (Å²) in [6, 6.07) is 10.8. The van der Waals surface area contributed by atoms with Gasteiger partial charge in [0.25, 0.3) is 5.91 Å². The van der Waals surface area contributed by atoms with Crippen molar-refractivity contribution in [1.82, 2.24) is 35.1 Å². The number of hydrogen-bond acceptors (Lipinski definition) is 7. The zero-order valence-electron chi connectivity index (χ0n) is 19.1. The monoisotopic (exact) mass is 459 g/mol. The molecule has 1 aliphatic heterocycles. The van der Waals surface area contributed by atoms with Crippen molar-refractivity contribution in [2.45, 2.75) is 25.7 Å². The summed E-state index contributed by atoms with van der Waals surface area (Å²) in [7, 11) is 1.89. The topological polar surface area (TPSA) is 119 Å². The normalized spacial score (nSPS) is 14.5. The number of aromatic nitrogens is 5. The summed E-state index contributed by atoms with van der Waals surface area (Å²) >= 11 is 0. The van der Waals surface area contributed by atoms with Gasteiger partial charge in [-0.25, -0.2) is 0 Å². The zero-order chi connectivity index (χ0) is 23.7. The van der Waals surface area contributed by atoms with Crippen molar-refractivity contribution in [2.75, 3.05) is 19.6 Å². The second-order valence-corrected chi connectivity index (χ2v) is 8.46. The molecule has 0 aliphatic carbocycles. The van der Waals surface area contributed by atoms with Crippen molar-refractivity contribution in [1.29, 1.82) is 0 Å². The fraction of sp³-hybridized carbons (Fsp3) is 0.333. The van der Waals surface area contributed by atoms with Crippen molar-refractivity contribution in [3.05, 3.63) is 59.7 Å². The van der Waals surface area contributed by atoms with E-state index in [1.165, 1.54) is 0 Å². The molecule has 2 amide bonds. The highest BCUT2D eigenvalue weighted by Crippen LogP contribution is 2.29. The molecule has 1 aromatic carbocycles. The van der Waals surface area contributed by atoms with E-state index in [-0.39, 0.29) is 24.3 Å². The first-order valence-corrected chi connectivity index (χ1v) is 11.2. The number of hydrogen-bond donors (Lipinski definition) is 1. The van der Waals surface area contributed by atoms with Crippen LogP contribution in [0.15, 0.2) is 47.1 Å². The molecule has 0 unspecified atom stereocenters. The van der Waals surface area contributed by atoms with E-state index in [4.69, 9.17) is 4.52 Å². The molecule has 174 valence electrons. The van der Waals surface area contributed by atoms with Gasteiger partial charge in [0.1, 0.15) is 5.69 Å². The van der Waals surface area contributed by atoms with Crippen LogP contribution < -0.4 is 5.32 Å². The van der Waals surface area contributed by atoms with Gasteiger partial charge >= 0.3 is 0 Å². The second-order valence-electron chi connectivity index (χ2n) is 8.46. The number of benzene rings is 1. The lowest BCUT2D eigenvalue weighted by Gasteiger charge is -2.30. The van der Waals surface area contributed by atoms with Gasteiger partial charge in [-0.05, 0) is 38.0 Å². The maximum Gasteiger partial charge on any atom is 0.251 e. The molecular weight excluding hydrogens is 434 g/mol. The number of piperidine rings is 1. The van der Waals surface area contributed by atoms with Crippen LogP contribution in [-0.4, -0.2) is 61.3 Å². The minimum absolute atomic E-state index is 0.0231. The third kappa shape index (κ3) is 4.26. The molecule has 0 bridgehead atoms. The molecule has 0 atom stereocenters. The molecule has 0 spiro atoms. The minimum Gasteiger partial charge on any atom is -0.343 e. The van der Waals surface area contributed by atoms with Crippen molar-refractivity contribution >= 4 is 22.7 Å². The van der Waals surface area contributed by atoms with Gasteiger partial charge < -0.3 is 14.7 Å². The number of fused-ring (bicyclic) bond motifs is 1. The van der Waals surface area contributed by atoms with E-state index in [0.29, 0.717) is 48.9 Å². The average Bonchev–Trinajstić information content (AvgIpc) is 3.47. The van der Waals surface area contributed by atoms with E-state index in [1.807, 2.05) is 30.8 Å². The number of likely N-dealkylation sites (tertiary alicyclic amines) is 1. The van der Waals surface area contributed by atoms with Crippen molar-refractivity contribution in [2.24, 2.45) is 7.05 Å². The summed E-state index contributed by atoms with van der Waals surface area (Å²) in [6.45, 7) is 3.07. The van der Waals surface area contributed by atoms with Crippen molar-refractivity contribution in [3.8, 4) is 11.5 Å². The van der Waals surface area contributed by atoms with Gasteiger partial charge in [0.05, 0.1) is 17.8 Å². The standard InChI is InChI=1S/C24H25N7O3/c1-15-18-13-25-19(12-20(18)30(2)28-15)22-27-24(34-29-22)17-8-10-31(11-9-17)21(32)14-26-23(33)16-6-4-3-5-7-16/h3-7,12-13,17H,8-11,14H2,1-2H3,(H,26,33). The Bertz CT molecular complexity index is 1340. The van der Waals surface area contributed by atoms with E-state index < -0.39 is 0 Å². The molecule has 1 saturated heterocycles. The number of carbonyl (C=O) groups excluding carboxylic acids is 2. The zero-order valence-corrected chi connectivity index (χ0v) is 19.1. The van der Waals surface area contributed by atoms with E-state index >= 15 is 0 Å². The van der Waals surface area contributed by atoms with E-state index in [1.54, 1.807) is 35.4 Å². The van der Waals surface area contributed by atoms with Gasteiger partial charge in [-0.2, -0.15) is 10.1 Å². The Balaban J connectivity index is 1.17. The first-order chi connectivity index (χ1) is 16.5. The Morgan fingerprint density at radius 1 is 1.18 bits per heavy atom. The summed E-state index contributed by atoms with van der Waals surface area (Å²) in [5, 5.41) is 12.2. The fourth-order valence-electron chi connectivity index (χ4n) is 4.29. The first kappa shape index (κ1) is 21.7. The Morgan fingerprint density at radius 3 is 2.71 bits per heavy atom. The molecule has 10 heteroatoms. The summed E-state index contributed by atoms with van der Waals surface area (Å²) < 4.78 is 7.36. The third-order valence-corrected chi connectivity index (χ3v) is 6.22. The third-order valence-electron chi connectivity index (χ3n) is 6.22. The lowest BCUT2D eigenvalue weighted by atomic mass is 9.96. The molecule has 1 aliphatic rings. The molecule has 34 heavy (non-hydrogen) atoms. The Hall–Kier alpha value is -4.08. The molecule has 3 aromatic heterocycles. The largest absolute Gasteiger partial charge is 0.343 e. The van der Waals surface area contributed by atoms with Gasteiger partial charge in [-0.3, -0.25) is 19.3 Å². The Labute approximate surface area is 196 Å². The predicted molar refractivity (Wildman–Crippen MR) is 124 cm³/mol. The summed E-state index contributed by atoms with van der Waals surface area (Å²) in [5.74, 6) is 0.723. The van der Waals surface area contributed by atoms with Gasteiger partial charge in [0.2, 0.25) is 17.6 Å². The summed E-state index contributed by atoms with van der Waals surface area (Å²) in [5.41, 5.74) is 3.05. The SMILES string of the molecule is Cc1nn(C)c2cc(-c3noc(C4CCN(C(=O)CNC(=O)c5ccccc5)CC4)n3)ncc12. The fourth-order valence-corrected chi connectivity index (χ4v) is 4.29. The number of nitrogens with one attached hydrogen (secondary N) is 1. The van der Waals surface area contributed by atoms with E-state index in [0.717, 1.165) is 16.6 Å². The Morgan fingerprint density at radius 2 is 1.94 bits per heavy atom. The maximum atomic E-state index is 12.5. The number of pyridine rings is 1. The lowest BCUT2D eigenvalue weighted by Crippen LogP contribution is -2.43. The van der Waals surface area contributed by atoms with E-state index in [2.05, 4.69) is 25.5 Å². The molecule has 0 saturated carbocycles. The summed E-state index contributed by atoms with van der Waals surface area (Å²) in [4.78, 5) is 35.5. The molecule has 0 radical (unpaired) electrons. The number of rotatable bonds is 5. The predicted octanol–water partition coefficient (Wildman–Crippen LogP) is 2.46. The molecular formula is C24H25N7O3. The lowest BCUT2D eigenvalue weighted by molar-refractivity contribution is -0.131. The van der Waals surface area contributed by atoms with Crippen LogP contribution >= 0.6 is 0 Å². The van der Waals surface area contributed by atoms with Crippen LogP contribution in [0.4, 0.5) is 0 Å². The van der Waals surface area contributed by atoms with Crippen LogP contribution in [-0.2, 0) is 11.8 Å². The highest BCUT2D eigenvalue weighted by atomic mass is 16.5. The number of amides is 2. The quantitative estimate of drug-likeness (QED) is 0.487. The van der Waals surface area contributed by atoms with Gasteiger partial charge in [-0.15, -0.1) is 0 Å². The number of aryl methyl sites for hydroxylation is 2. The molecule has 1 fully saturated rings. The minimum atomic E-state index is -0.254. The van der Waals surface area contributed by atoms with Crippen molar-refractivity contribution < 1.29 is 14.1 Å². The van der Waals surface area contributed by atoms with Crippen LogP contribution in [0.2, 0.25) is 0 Å². The Kier molecular flexibility index (Phi) is 5.79. The smallest absolute Gasteiger partial charge is 0.251 e. The van der Waals surface area contributed by atoms with Crippen LogP contribution in [0, 0.1) is 6.92 Å². The van der Waals surface area contributed by atoms with Crippen LogP contribution in [0.3, 0.4) is 0 Å². The summed E-state index contributed by atoms with van der Waals surface area (Å²) in [6.07, 6.45) is 3.21. The van der Waals surface area contributed by atoms with Crippen molar-refractivity contribution in [3.63, 3.8) is 0 Å². The molecule has 4 heterocycles. The molecule has 10 nitrogen and oxygen atoms in total. The van der Waals surface area contributed by atoms with Crippen LogP contribution in [0.1, 0.15) is 40.7 Å². The van der Waals surface area contributed by atoms with Gasteiger partial charge in [-0.1, -0.05) is 23.4 Å². The van der Waals surface area contributed by atoms with Gasteiger partial charge in [0.15, 0.2) is 0 Å². The number of carbonyl (C=O) groups is 2. The second kappa shape index (κ2) is 9.05.